The van der Waals surface area contributed by atoms with E-state index >= 15 is 0 Å². The van der Waals surface area contributed by atoms with Crippen molar-refractivity contribution in [2.75, 3.05) is 0 Å². The van der Waals surface area contributed by atoms with Gasteiger partial charge in [-0.15, -0.1) is 16.6 Å². The lowest BCUT2D eigenvalue weighted by molar-refractivity contribution is 1.07. The second-order valence-electron chi connectivity index (χ2n) is 11.1. The molecule has 0 aliphatic heterocycles. The molecule has 6 radical (unpaired) electrons. The van der Waals surface area contributed by atoms with Crippen LogP contribution < -0.4 is 0 Å². The second kappa shape index (κ2) is 12.3. The maximum Gasteiger partial charge on any atom is 0.151 e. The zero-order valence-corrected chi connectivity index (χ0v) is 27.1. The molecule has 3 heteroatoms. The Morgan fingerprint density at radius 3 is 1.60 bits per heavy atom. The molecule has 0 aliphatic rings. The van der Waals surface area contributed by atoms with Crippen molar-refractivity contribution < 1.29 is 0 Å². The summed E-state index contributed by atoms with van der Waals surface area (Å²) in [6, 6.07) is 24.6. The molecule has 0 saturated heterocycles. The highest BCUT2D eigenvalue weighted by Gasteiger charge is 2.12. The van der Waals surface area contributed by atoms with E-state index in [0.717, 1.165) is 16.7 Å². The van der Waals surface area contributed by atoms with Gasteiger partial charge in [0.15, 0.2) is 28.6 Å². The lowest BCUT2D eigenvalue weighted by Gasteiger charge is -2.12. The van der Waals surface area contributed by atoms with Crippen molar-refractivity contribution in [1.29, 1.82) is 0 Å². The van der Waals surface area contributed by atoms with Crippen LogP contribution in [-0.4, -0.2) is 28.6 Å². The first-order valence-electron chi connectivity index (χ1n) is 13.9. The molecule has 5 rings (SSSR count). The van der Waals surface area contributed by atoms with E-state index in [4.69, 9.17) is 0 Å². The minimum Gasteiger partial charge on any atom is -0.130 e. The molecule has 0 aromatic heterocycles. The molecular weight excluding hydrogens is 529 g/mol. The second-order valence-corrected chi connectivity index (χ2v) is 16.2. The summed E-state index contributed by atoms with van der Waals surface area (Å²) in [5.74, 6) is 10.6. The average molecular weight is 561 g/mol. The number of fused-ring (bicyclic) bond motifs is 4. The standard InChI is InChI=1S/C37H32Si3/c1-24(2)38-14-11-27-17-30(12-15-39-25(3)4)35-22-33-20-32-19-28-9-7-8-10-29(28)21-36(32)34(13-16-40-26(5)6)37(33)23-31(35)18-27/h7-10,17-26H,1-6H3. The lowest BCUT2D eigenvalue weighted by Crippen LogP contribution is -1.93. The Bertz CT molecular complexity index is 1930. The predicted octanol–water partition coefficient (Wildman–Crippen LogP) is 8.82. The van der Waals surface area contributed by atoms with E-state index in [1.165, 1.54) is 43.1 Å². The van der Waals surface area contributed by atoms with E-state index in [0.29, 0.717) is 45.2 Å². The maximum atomic E-state index is 3.62. The molecule has 5 aromatic rings. The highest BCUT2D eigenvalue weighted by Crippen LogP contribution is 2.35. The van der Waals surface area contributed by atoms with Crippen molar-refractivity contribution in [3.8, 4) is 34.4 Å². The van der Waals surface area contributed by atoms with Crippen LogP contribution in [0.15, 0.2) is 66.7 Å². The van der Waals surface area contributed by atoms with Gasteiger partial charge in [0.1, 0.15) is 0 Å². The Morgan fingerprint density at radius 2 is 0.950 bits per heavy atom. The van der Waals surface area contributed by atoms with Gasteiger partial charge in [0, 0.05) is 16.7 Å². The molecule has 0 heterocycles. The zero-order valence-electron chi connectivity index (χ0n) is 24.1. The van der Waals surface area contributed by atoms with E-state index in [9.17, 15) is 0 Å². The quantitative estimate of drug-likeness (QED) is 0.117. The van der Waals surface area contributed by atoms with Crippen LogP contribution in [0.5, 0.6) is 0 Å². The third-order valence-corrected chi connectivity index (χ3v) is 9.10. The summed E-state index contributed by atoms with van der Waals surface area (Å²) < 4.78 is 0. The molecule has 0 fully saturated rings. The van der Waals surface area contributed by atoms with Crippen molar-refractivity contribution in [2.45, 2.75) is 58.2 Å². The van der Waals surface area contributed by atoms with Crippen LogP contribution in [0.4, 0.5) is 0 Å². The zero-order chi connectivity index (χ0) is 28.2. The first-order valence-corrected chi connectivity index (χ1v) is 17.2. The summed E-state index contributed by atoms with van der Waals surface area (Å²) in [5.41, 5.74) is 15.3. The number of hydrogen-bond donors (Lipinski definition) is 0. The fraction of sp³-hybridized carbons (Fsp3) is 0.243. The molecule has 192 valence electrons. The number of benzene rings is 5. The largest absolute Gasteiger partial charge is 0.151 e. The van der Waals surface area contributed by atoms with Gasteiger partial charge >= 0.3 is 0 Å². The monoisotopic (exact) mass is 560 g/mol. The Labute approximate surface area is 246 Å². The van der Waals surface area contributed by atoms with Crippen molar-refractivity contribution in [2.24, 2.45) is 0 Å². The van der Waals surface area contributed by atoms with Gasteiger partial charge in [-0.1, -0.05) is 83.6 Å². The summed E-state index contributed by atoms with van der Waals surface area (Å²) in [7, 11) is 1.87. The van der Waals surface area contributed by atoms with Gasteiger partial charge in [-0.2, -0.15) is 0 Å². The molecule has 40 heavy (non-hydrogen) atoms. The molecule has 0 unspecified atom stereocenters. The molecule has 0 amide bonds. The smallest absolute Gasteiger partial charge is 0.130 e. The van der Waals surface area contributed by atoms with E-state index in [2.05, 4.69) is 143 Å². The Morgan fingerprint density at radius 1 is 0.475 bits per heavy atom. The molecule has 0 atom stereocenters. The number of rotatable bonds is 3. The highest BCUT2D eigenvalue weighted by atomic mass is 28.2. The Hall–Kier alpha value is -3.53. The summed E-state index contributed by atoms with van der Waals surface area (Å²) in [6.45, 7) is 13.4. The topological polar surface area (TPSA) is 0 Å². The van der Waals surface area contributed by atoms with Crippen LogP contribution in [0.1, 0.15) is 58.2 Å². The van der Waals surface area contributed by atoms with E-state index < -0.39 is 0 Å². The SMILES string of the molecule is CC(C)[Si]C#Cc1cc(C#C[Si]C(C)C)c2cc3cc4cc5ccccc5cc4c(C#C[Si]C(C)C)c3cc2c1. The molecule has 5 aromatic carbocycles. The molecule has 0 N–H and O–H groups in total. The minimum atomic E-state index is 0.566. The van der Waals surface area contributed by atoms with E-state index in [-0.39, 0.29) is 0 Å². The van der Waals surface area contributed by atoms with Gasteiger partial charge < -0.3 is 0 Å². The number of hydrogen-bond acceptors (Lipinski definition) is 0. The normalized spacial score (nSPS) is 11.1. The van der Waals surface area contributed by atoms with Gasteiger partial charge in [0.2, 0.25) is 0 Å². The van der Waals surface area contributed by atoms with Gasteiger partial charge in [-0.3, -0.25) is 0 Å². The first kappa shape index (κ1) is 28.0. The van der Waals surface area contributed by atoms with Gasteiger partial charge in [0.05, 0.1) is 0 Å². The molecule has 0 aliphatic carbocycles. The third kappa shape index (κ3) is 6.43. The maximum absolute atomic E-state index is 3.62. The van der Waals surface area contributed by atoms with E-state index in [1.54, 1.807) is 0 Å². The first-order chi connectivity index (χ1) is 19.3. The van der Waals surface area contributed by atoms with Gasteiger partial charge in [0.25, 0.3) is 0 Å². The van der Waals surface area contributed by atoms with Crippen molar-refractivity contribution in [3.05, 3.63) is 83.4 Å². The molecule has 0 nitrogen and oxygen atoms in total. The summed E-state index contributed by atoms with van der Waals surface area (Å²) in [6.07, 6.45) is 0. The van der Waals surface area contributed by atoms with Crippen LogP contribution in [0, 0.1) is 34.4 Å². The Kier molecular flexibility index (Phi) is 8.63. The summed E-state index contributed by atoms with van der Waals surface area (Å²) in [5, 5.41) is 9.73. The van der Waals surface area contributed by atoms with Crippen molar-refractivity contribution in [1.82, 2.24) is 0 Å². The highest BCUT2D eigenvalue weighted by molar-refractivity contribution is 6.48. The third-order valence-electron chi connectivity index (χ3n) is 6.56. The molecule has 0 bridgehead atoms. The lowest BCUT2D eigenvalue weighted by atomic mass is 9.91. The van der Waals surface area contributed by atoms with Crippen LogP contribution in [0.3, 0.4) is 0 Å². The van der Waals surface area contributed by atoms with Crippen molar-refractivity contribution >= 4 is 71.6 Å². The molecule has 0 spiro atoms. The van der Waals surface area contributed by atoms with Crippen LogP contribution in [0.25, 0.3) is 43.1 Å². The Balaban J connectivity index is 1.82. The van der Waals surface area contributed by atoms with Crippen molar-refractivity contribution in [3.63, 3.8) is 0 Å². The fourth-order valence-corrected chi connectivity index (χ4v) is 6.21. The van der Waals surface area contributed by atoms with Crippen LogP contribution in [-0.2, 0) is 0 Å². The predicted molar refractivity (Wildman–Crippen MR) is 180 cm³/mol. The fourth-order valence-electron chi connectivity index (χ4n) is 4.72. The minimum absolute atomic E-state index is 0.566. The average Bonchev–Trinajstić information content (AvgIpc) is 2.90. The summed E-state index contributed by atoms with van der Waals surface area (Å²) >= 11 is 0. The van der Waals surface area contributed by atoms with Gasteiger partial charge in [-0.25, -0.2) is 0 Å². The molecular formula is C37H32Si3. The molecule has 0 saturated carbocycles. The van der Waals surface area contributed by atoms with E-state index in [1.807, 2.05) is 0 Å². The summed E-state index contributed by atoms with van der Waals surface area (Å²) in [4.78, 5) is 0. The van der Waals surface area contributed by atoms with Gasteiger partial charge in [-0.05, 0) is 102 Å². The van der Waals surface area contributed by atoms with Crippen LogP contribution in [0.2, 0.25) is 16.6 Å². The van der Waals surface area contributed by atoms with Crippen LogP contribution >= 0.6 is 0 Å².